The van der Waals surface area contributed by atoms with E-state index in [-0.39, 0.29) is 24.3 Å². The first-order chi connectivity index (χ1) is 17.0. The number of unbranched alkanes of at least 4 members (excludes halogenated alkanes) is 1. The van der Waals surface area contributed by atoms with Crippen molar-refractivity contribution in [3.8, 4) is 5.75 Å². The zero-order chi connectivity index (χ0) is 27.3. The monoisotopic (exact) mass is 526 g/mol. The number of carbonyl (C=O) groups is 5. The Balaban J connectivity index is 2.85. The predicted octanol–water partition coefficient (Wildman–Crippen LogP) is -2.26. The van der Waals surface area contributed by atoms with Gasteiger partial charge < -0.3 is 43.4 Å². The van der Waals surface area contributed by atoms with Gasteiger partial charge in [0.25, 0.3) is 0 Å². The van der Waals surface area contributed by atoms with Crippen LogP contribution in [-0.2, 0) is 30.4 Å². The molecule has 13 nitrogen and oxygen atoms in total. The number of aliphatic carboxylic acids is 1. The number of benzene rings is 1. The van der Waals surface area contributed by atoms with E-state index in [1.165, 1.54) is 12.1 Å². The van der Waals surface area contributed by atoms with Crippen molar-refractivity contribution in [3.05, 3.63) is 29.8 Å². The van der Waals surface area contributed by atoms with Crippen LogP contribution in [0.4, 0.5) is 0 Å². The fourth-order valence-electron chi connectivity index (χ4n) is 3.16. The van der Waals surface area contributed by atoms with Crippen molar-refractivity contribution in [3.63, 3.8) is 0 Å². The van der Waals surface area contributed by atoms with Gasteiger partial charge in [0.2, 0.25) is 23.6 Å². The molecule has 14 heteroatoms. The van der Waals surface area contributed by atoms with Gasteiger partial charge in [-0.25, -0.2) is 4.79 Å². The van der Waals surface area contributed by atoms with Gasteiger partial charge in [-0.05, 0) is 49.9 Å². The van der Waals surface area contributed by atoms with Gasteiger partial charge in [-0.3, -0.25) is 19.2 Å². The summed E-state index contributed by atoms with van der Waals surface area (Å²) < 4.78 is 0. The van der Waals surface area contributed by atoms with Gasteiger partial charge in [0, 0.05) is 5.75 Å². The summed E-state index contributed by atoms with van der Waals surface area (Å²) in [6.45, 7) is 0.343. The Morgan fingerprint density at radius 1 is 0.889 bits per heavy atom. The number of carbonyl (C=O) groups excluding carboxylic acids is 4. The first-order valence-electron chi connectivity index (χ1n) is 11.2. The Morgan fingerprint density at radius 2 is 1.44 bits per heavy atom. The molecule has 4 unspecified atom stereocenters. The molecule has 4 atom stereocenters. The third-order valence-corrected chi connectivity index (χ3v) is 5.51. The summed E-state index contributed by atoms with van der Waals surface area (Å²) in [5.74, 6) is -4.62. The summed E-state index contributed by atoms with van der Waals surface area (Å²) in [5.41, 5.74) is 17.2. The Labute approximate surface area is 213 Å². The predicted molar refractivity (Wildman–Crippen MR) is 134 cm³/mol. The molecule has 0 saturated heterocycles. The SMILES string of the molecule is NCCCCC(NC(=O)C(CS)NC(=O)C(N)Cc1ccc(O)cc1)C(=O)NC(CC(N)=O)C(=O)O. The molecule has 11 N–H and O–H groups in total. The molecule has 1 aromatic carbocycles. The number of hydrogen-bond acceptors (Lipinski definition) is 9. The summed E-state index contributed by atoms with van der Waals surface area (Å²) in [4.78, 5) is 60.6. The molecular formula is C22H34N6O7S. The van der Waals surface area contributed by atoms with E-state index in [2.05, 4.69) is 28.6 Å². The topological polar surface area (TPSA) is 240 Å². The van der Waals surface area contributed by atoms with Crippen molar-refractivity contribution in [2.24, 2.45) is 17.2 Å². The van der Waals surface area contributed by atoms with E-state index in [4.69, 9.17) is 17.2 Å². The zero-order valence-electron chi connectivity index (χ0n) is 19.7. The van der Waals surface area contributed by atoms with Crippen molar-refractivity contribution in [2.75, 3.05) is 12.3 Å². The highest BCUT2D eigenvalue weighted by Crippen LogP contribution is 2.11. The maximum atomic E-state index is 12.8. The van der Waals surface area contributed by atoms with Gasteiger partial charge in [-0.15, -0.1) is 0 Å². The molecule has 0 bridgehead atoms. The lowest BCUT2D eigenvalue weighted by Crippen LogP contribution is -2.58. The molecule has 200 valence electrons. The number of carboxylic acid groups (broad SMARTS) is 1. The minimum absolute atomic E-state index is 0.0675. The Kier molecular flexibility index (Phi) is 13.3. The van der Waals surface area contributed by atoms with Crippen molar-refractivity contribution < 1.29 is 34.2 Å². The first-order valence-corrected chi connectivity index (χ1v) is 11.9. The van der Waals surface area contributed by atoms with Crippen LogP contribution in [0.5, 0.6) is 5.75 Å². The third-order valence-electron chi connectivity index (χ3n) is 5.14. The van der Waals surface area contributed by atoms with E-state index in [0.29, 0.717) is 24.9 Å². The number of amides is 4. The Morgan fingerprint density at radius 3 is 1.97 bits per heavy atom. The van der Waals surface area contributed by atoms with Gasteiger partial charge in [0.1, 0.15) is 23.9 Å². The number of carboxylic acids is 1. The first kappa shape index (κ1) is 30.7. The number of rotatable bonds is 16. The van der Waals surface area contributed by atoms with E-state index in [9.17, 15) is 34.2 Å². The van der Waals surface area contributed by atoms with Crippen LogP contribution in [0.15, 0.2) is 24.3 Å². The van der Waals surface area contributed by atoms with Gasteiger partial charge in [-0.1, -0.05) is 12.1 Å². The Bertz CT molecular complexity index is 915. The largest absolute Gasteiger partial charge is 0.508 e. The highest BCUT2D eigenvalue weighted by molar-refractivity contribution is 7.80. The van der Waals surface area contributed by atoms with Crippen LogP contribution >= 0.6 is 12.6 Å². The second kappa shape index (κ2) is 15.6. The fraction of sp³-hybridized carbons (Fsp3) is 0.500. The van der Waals surface area contributed by atoms with Gasteiger partial charge in [0.15, 0.2) is 0 Å². The van der Waals surface area contributed by atoms with Gasteiger partial charge in [-0.2, -0.15) is 12.6 Å². The number of thiol groups is 1. The van der Waals surface area contributed by atoms with Crippen molar-refractivity contribution >= 4 is 42.2 Å². The van der Waals surface area contributed by atoms with Crippen LogP contribution in [0.2, 0.25) is 0 Å². The van der Waals surface area contributed by atoms with Gasteiger partial charge in [0.05, 0.1) is 12.5 Å². The molecule has 0 spiro atoms. The van der Waals surface area contributed by atoms with Crippen LogP contribution in [0.1, 0.15) is 31.2 Å². The molecule has 1 rings (SSSR count). The number of phenols is 1. The normalized spacial score (nSPS) is 14.1. The molecule has 0 aromatic heterocycles. The Hall–Kier alpha value is -3.36. The average Bonchev–Trinajstić information content (AvgIpc) is 2.82. The maximum Gasteiger partial charge on any atom is 0.326 e. The zero-order valence-corrected chi connectivity index (χ0v) is 20.6. The van der Waals surface area contributed by atoms with Gasteiger partial charge >= 0.3 is 5.97 Å². The molecule has 36 heavy (non-hydrogen) atoms. The second-order valence-corrected chi connectivity index (χ2v) is 8.50. The highest BCUT2D eigenvalue weighted by Gasteiger charge is 2.30. The molecule has 0 aliphatic rings. The summed E-state index contributed by atoms with van der Waals surface area (Å²) in [6.07, 6.45) is 0.637. The van der Waals surface area contributed by atoms with Crippen LogP contribution in [0, 0.1) is 0 Å². The standard InChI is InChI=1S/C22H34N6O7S/c23-8-2-1-3-15(20(32)27-16(22(34)35)10-18(25)30)26-21(33)17(11-36)28-19(31)14(24)9-12-4-6-13(29)7-5-12/h4-7,14-17,29,36H,1-3,8-11,23-24H2,(H2,25,30)(H,26,33)(H,27,32)(H,28,31)(H,34,35). The highest BCUT2D eigenvalue weighted by atomic mass is 32.1. The summed E-state index contributed by atoms with van der Waals surface area (Å²) in [6, 6.07) is 1.26. The van der Waals surface area contributed by atoms with Crippen LogP contribution in [0.3, 0.4) is 0 Å². The fourth-order valence-corrected chi connectivity index (χ4v) is 3.42. The second-order valence-electron chi connectivity index (χ2n) is 8.14. The maximum absolute atomic E-state index is 12.8. The smallest absolute Gasteiger partial charge is 0.326 e. The van der Waals surface area contributed by atoms with Crippen LogP contribution in [0.25, 0.3) is 0 Å². The number of aromatic hydroxyl groups is 1. The molecule has 0 saturated carbocycles. The van der Waals surface area contributed by atoms with E-state index < -0.39 is 60.2 Å². The lowest BCUT2D eigenvalue weighted by atomic mass is 10.1. The minimum Gasteiger partial charge on any atom is -0.508 e. The third kappa shape index (κ3) is 10.9. The van der Waals surface area contributed by atoms with Crippen LogP contribution < -0.4 is 33.2 Å². The van der Waals surface area contributed by atoms with E-state index >= 15 is 0 Å². The average molecular weight is 527 g/mol. The minimum atomic E-state index is -1.57. The van der Waals surface area contributed by atoms with E-state index in [1.807, 2.05) is 0 Å². The molecule has 0 radical (unpaired) electrons. The number of primary amides is 1. The molecular weight excluding hydrogens is 492 g/mol. The summed E-state index contributed by atoms with van der Waals surface area (Å²) in [7, 11) is 0. The van der Waals surface area contributed by atoms with Crippen LogP contribution in [-0.4, -0.2) is 76.3 Å². The lowest BCUT2D eigenvalue weighted by molar-refractivity contribution is -0.143. The molecule has 4 amide bonds. The molecule has 0 aliphatic heterocycles. The number of nitrogens with two attached hydrogens (primary N) is 3. The molecule has 1 aromatic rings. The number of phenolic OH excluding ortho intramolecular Hbond substituents is 1. The summed E-state index contributed by atoms with van der Waals surface area (Å²) >= 11 is 4.10. The lowest BCUT2D eigenvalue weighted by Gasteiger charge is -2.24. The number of hydrogen-bond donors (Lipinski definition) is 9. The van der Waals surface area contributed by atoms with E-state index in [0.717, 1.165) is 0 Å². The molecule has 0 aliphatic carbocycles. The quantitative estimate of drug-likeness (QED) is 0.0832. The number of nitrogens with one attached hydrogen (secondary N) is 3. The van der Waals surface area contributed by atoms with Crippen molar-refractivity contribution in [1.29, 1.82) is 0 Å². The summed E-state index contributed by atoms with van der Waals surface area (Å²) in [5, 5.41) is 25.8. The van der Waals surface area contributed by atoms with Crippen molar-refractivity contribution in [1.82, 2.24) is 16.0 Å². The van der Waals surface area contributed by atoms with E-state index in [1.54, 1.807) is 12.1 Å². The molecule has 0 fully saturated rings. The van der Waals surface area contributed by atoms with Crippen molar-refractivity contribution in [2.45, 2.75) is 56.3 Å². The molecule has 0 heterocycles.